The fourth-order valence-corrected chi connectivity index (χ4v) is 2.91. The summed E-state index contributed by atoms with van der Waals surface area (Å²) in [5.74, 6) is 0.544. The Morgan fingerprint density at radius 2 is 2.05 bits per heavy atom. The van der Waals surface area contributed by atoms with E-state index in [1.165, 1.54) is 0 Å². The number of rotatable bonds is 8. The summed E-state index contributed by atoms with van der Waals surface area (Å²) in [6.45, 7) is 10.1. The average Bonchev–Trinajstić information content (AvgIpc) is 2.40. The molecular weight excluding hydrogens is 286 g/mol. The predicted molar refractivity (Wildman–Crippen MR) is 85.4 cm³/mol. The second-order valence-corrected chi connectivity index (χ2v) is 6.56. The summed E-state index contributed by atoms with van der Waals surface area (Å²) < 4.78 is 5.18. The van der Waals surface area contributed by atoms with Gasteiger partial charge in [0.1, 0.15) is 5.54 Å². The summed E-state index contributed by atoms with van der Waals surface area (Å²) in [4.78, 5) is 20.7. The van der Waals surface area contributed by atoms with Crippen molar-refractivity contribution in [3.05, 3.63) is 18.0 Å². The molecule has 6 heteroatoms. The Kier molecular flexibility index (Phi) is 7.11. The van der Waals surface area contributed by atoms with Crippen LogP contribution in [0.3, 0.4) is 0 Å². The normalized spacial score (nSPS) is 14.0. The smallest absolute Gasteiger partial charge is 0.326 e. The van der Waals surface area contributed by atoms with Gasteiger partial charge in [-0.3, -0.25) is 10.1 Å². The summed E-state index contributed by atoms with van der Waals surface area (Å²) in [5, 5.41) is 4.04. The van der Waals surface area contributed by atoms with Gasteiger partial charge in [-0.2, -0.15) is 0 Å². The Balaban J connectivity index is 2.60. The summed E-state index contributed by atoms with van der Waals surface area (Å²) in [7, 11) is 0. The lowest BCUT2D eigenvalue weighted by molar-refractivity contribution is -0.150. The maximum absolute atomic E-state index is 12.2. The molecule has 1 aromatic rings. The van der Waals surface area contributed by atoms with E-state index in [9.17, 15) is 4.79 Å². The molecule has 5 nitrogen and oxygen atoms in total. The number of hydrogen-bond donors (Lipinski definition) is 1. The van der Waals surface area contributed by atoms with Gasteiger partial charge in [0.05, 0.1) is 6.61 Å². The van der Waals surface area contributed by atoms with E-state index in [4.69, 9.17) is 4.74 Å². The molecule has 1 heterocycles. The van der Waals surface area contributed by atoms with Crippen molar-refractivity contribution in [3.8, 4) is 0 Å². The van der Waals surface area contributed by atoms with E-state index < -0.39 is 5.54 Å². The molecule has 0 saturated carbocycles. The van der Waals surface area contributed by atoms with Crippen LogP contribution in [-0.2, 0) is 9.53 Å². The molecule has 0 aromatic carbocycles. The van der Waals surface area contributed by atoms with Gasteiger partial charge in [-0.1, -0.05) is 11.8 Å². The molecule has 0 radical (unpaired) electrons. The zero-order valence-electron chi connectivity index (χ0n) is 13.5. The first-order valence-electron chi connectivity index (χ1n) is 7.23. The molecular formula is C15H25N3O2S. The summed E-state index contributed by atoms with van der Waals surface area (Å²) in [6, 6.07) is 0.208. The average molecular weight is 311 g/mol. The highest BCUT2D eigenvalue weighted by atomic mass is 32.2. The first-order valence-corrected chi connectivity index (χ1v) is 8.22. The van der Waals surface area contributed by atoms with E-state index in [1.807, 2.05) is 34.6 Å². The Bertz CT molecular complexity index is 451. The van der Waals surface area contributed by atoms with E-state index in [0.717, 1.165) is 16.5 Å². The molecule has 0 aliphatic heterocycles. The molecule has 1 rings (SSSR count). The van der Waals surface area contributed by atoms with Crippen LogP contribution in [0.5, 0.6) is 0 Å². The quantitative estimate of drug-likeness (QED) is 0.452. The fourth-order valence-electron chi connectivity index (χ4n) is 1.96. The zero-order chi connectivity index (χ0) is 15.9. The number of ether oxygens (including phenoxy) is 1. The highest BCUT2D eigenvalue weighted by Gasteiger charge is 2.34. The maximum atomic E-state index is 12.2. The zero-order valence-corrected chi connectivity index (χ0v) is 14.3. The molecule has 0 spiro atoms. The number of aromatic nitrogens is 2. The van der Waals surface area contributed by atoms with E-state index in [1.54, 1.807) is 24.2 Å². The van der Waals surface area contributed by atoms with Crippen molar-refractivity contribution in [2.24, 2.45) is 0 Å². The van der Waals surface area contributed by atoms with E-state index in [-0.39, 0.29) is 12.0 Å². The van der Waals surface area contributed by atoms with Crippen molar-refractivity contribution in [1.29, 1.82) is 0 Å². The molecule has 118 valence electrons. The number of nitrogens with one attached hydrogen (secondary N) is 1. The molecule has 0 aliphatic carbocycles. The van der Waals surface area contributed by atoms with Gasteiger partial charge < -0.3 is 4.74 Å². The summed E-state index contributed by atoms with van der Waals surface area (Å²) in [5.41, 5.74) is 0.360. The number of nitrogens with zero attached hydrogens (tertiary/aromatic N) is 2. The van der Waals surface area contributed by atoms with Gasteiger partial charge in [0.15, 0.2) is 5.16 Å². The molecule has 1 N–H and O–H groups in total. The number of carbonyl (C=O) groups is 1. The van der Waals surface area contributed by atoms with Gasteiger partial charge in [0, 0.05) is 24.2 Å². The third-order valence-electron chi connectivity index (χ3n) is 2.92. The number of aryl methyl sites for hydroxylation is 1. The lowest BCUT2D eigenvalue weighted by Crippen LogP contribution is -2.53. The van der Waals surface area contributed by atoms with Crippen LogP contribution in [0.15, 0.2) is 17.6 Å². The van der Waals surface area contributed by atoms with Gasteiger partial charge in [-0.05, 0) is 46.6 Å². The molecule has 0 aliphatic rings. The molecule has 21 heavy (non-hydrogen) atoms. The van der Waals surface area contributed by atoms with Crippen molar-refractivity contribution in [1.82, 2.24) is 15.3 Å². The lowest BCUT2D eigenvalue weighted by Gasteiger charge is -2.30. The van der Waals surface area contributed by atoms with Gasteiger partial charge in [0.2, 0.25) is 0 Å². The highest BCUT2D eigenvalue weighted by Crippen LogP contribution is 2.20. The van der Waals surface area contributed by atoms with Crippen LogP contribution in [0.2, 0.25) is 0 Å². The minimum Gasteiger partial charge on any atom is -0.465 e. The van der Waals surface area contributed by atoms with Gasteiger partial charge in [-0.15, -0.1) is 0 Å². The topological polar surface area (TPSA) is 64.1 Å². The Morgan fingerprint density at radius 3 is 2.57 bits per heavy atom. The number of hydrogen-bond acceptors (Lipinski definition) is 6. The van der Waals surface area contributed by atoms with Crippen LogP contribution >= 0.6 is 11.8 Å². The third kappa shape index (κ3) is 6.01. The summed E-state index contributed by atoms with van der Waals surface area (Å²) in [6.07, 6.45) is 4.25. The number of carbonyl (C=O) groups excluding carboxylic acids is 1. The van der Waals surface area contributed by atoms with E-state index in [0.29, 0.717) is 13.0 Å². The van der Waals surface area contributed by atoms with Crippen molar-refractivity contribution in [3.63, 3.8) is 0 Å². The van der Waals surface area contributed by atoms with Crippen LogP contribution in [0.25, 0.3) is 0 Å². The maximum Gasteiger partial charge on any atom is 0.326 e. The Morgan fingerprint density at radius 1 is 1.43 bits per heavy atom. The molecule has 1 atom stereocenters. The number of thioether (sulfide) groups is 1. The molecule has 0 bridgehead atoms. The monoisotopic (exact) mass is 311 g/mol. The van der Waals surface area contributed by atoms with E-state index >= 15 is 0 Å². The largest absolute Gasteiger partial charge is 0.465 e. The fraction of sp³-hybridized carbons (Fsp3) is 0.667. The Labute approximate surface area is 131 Å². The standard InChI is InChI=1S/C15H25N3O2S/c1-6-20-13(19)15(5,18-11(2)3)7-8-21-14-16-9-12(4)10-17-14/h9-11,18H,6-8H2,1-5H3. The van der Waals surface area contributed by atoms with E-state index in [2.05, 4.69) is 15.3 Å². The second kappa shape index (κ2) is 8.34. The van der Waals surface area contributed by atoms with Gasteiger partial charge in [0.25, 0.3) is 0 Å². The van der Waals surface area contributed by atoms with Crippen molar-refractivity contribution in [2.45, 2.75) is 57.8 Å². The second-order valence-electron chi connectivity index (χ2n) is 5.49. The van der Waals surface area contributed by atoms with Crippen molar-refractivity contribution >= 4 is 17.7 Å². The molecule has 1 aromatic heterocycles. The van der Waals surface area contributed by atoms with Crippen LogP contribution in [-0.4, -0.2) is 39.9 Å². The molecule has 0 amide bonds. The number of esters is 1. The van der Waals surface area contributed by atoms with Gasteiger partial charge >= 0.3 is 5.97 Å². The van der Waals surface area contributed by atoms with Crippen molar-refractivity contribution in [2.75, 3.05) is 12.4 Å². The van der Waals surface area contributed by atoms with Gasteiger partial charge in [-0.25, -0.2) is 9.97 Å². The molecule has 0 saturated heterocycles. The minimum atomic E-state index is -0.679. The summed E-state index contributed by atoms with van der Waals surface area (Å²) >= 11 is 1.55. The van der Waals surface area contributed by atoms with Crippen LogP contribution < -0.4 is 5.32 Å². The first-order chi connectivity index (χ1) is 9.87. The third-order valence-corrected chi connectivity index (χ3v) is 3.80. The lowest BCUT2D eigenvalue weighted by atomic mass is 9.98. The highest BCUT2D eigenvalue weighted by molar-refractivity contribution is 7.99. The minimum absolute atomic E-state index is 0.205. The van der Waals surface area contributed by atoms with Crippen molar-refractivity contribution < 1.29 is 9.53 Å². The van der Waals surface area contributed by atoms with Crippen LogP contribution in [0, 0.1) is 6.92 Å². The first kappa shape index (κ1) is 17.9. The SMILES string of the molecule is CCOC(=O)C(C)(CCSc1ncc(C)cn1)NC(C)C. The molecule has 1 unspecified atom stereocenters. The predicted octanol–water partition coefficient (Wildman–Crippen LogP) is 2.59. The van der Waals surface area contributed by atoms with Crippen LogP contribution in [0.1, 0.15) is 39.7 Å². The molecule has 0 fully saturated rings. The van der Waals surface area contributed by atoms with Crippen LogP contribution in [0.4, 0.5) is 0 Å². The Hall–Kier alpha value is -1.14.